The van der Waals surface area contributed by atoms with Gasteiger partial charge in [0.2, 0.25) is 0 Å². The topological polar surface area (TPSA) is 46.0 Å². The summed E-state index contributed by atoms with van der Waals surface area (Å²) < 4.78 is 22.2. The number of benzene rings is 18. The minimum Gasteiger partial charge on any atom is -0.456 e. The summed E-state index contributed by atoms with van der Waals surface area (Å²) in [6.45, 7) is 0. The van der Waals surface area contributed by atoms with Crippen LogP contribution < -0.4 is 0 Å². The summed E-state index contributed by atoms with van der Waals surface area (Å²) in [5.74, 6) is 0. The van der Waals surface area contributed by atoms with Gasteiger partial charge in [0.15, 0.2) is 0 Å². The predicted octanol–water partition coefficient (Wildman–Crippen LogP) is 28.5. The number of hydrogen-bond donors (Lipinski definition) is 0. The Kier molecular flexibility index (Phi) is 13.7. The number of furan rings is 2. The molecule has 0 saturated carbocycles. The van der Waals surface area contributed by atoms with E-state index in [9.17, 15) is 0 Å². The summed E-state index contributed by atoms with van der Waals surface area (Å²) in [5.41, 5.74) is 27.3. The van der Waals surface area contributed by atoms with Gasteiger partial charge in [-0.2, -0.15) is 0 Å². The average Bonchev–Trinajstić information content (AvgIpc) is 1.58. The summed E-state index contributed by atoms with van der Waals surface area (Å²) in [5, 5.41) is 19.6. The summed E-state index contributed by atoms with van der Waals surface area (Å²) in [6, 6.07) is 141. The second-order valence-electron chi connectivity index (χ2n) is 29.1. The Hall–Kier alpha value is -14.7. The first-order chi connectivity index (χ1) is 54.5. The SMILES string of the molecule is c1ccc2cc(-n3c4ccccc4c4cc(-c5ccc6c(c5)c5ccccc5n6-c5ccc(-c6cccc7c6oc6ccccc67)cc5)ccc43)ccc2c1.c1ccc2cc(-n3c4ccccc4c4cc(-c5ccc6c(c5)c5ccccc5n6-c5ccc(-c6cccc7oc8ccccc8c67)cc5)ccc43)ccc2c1. The number of nitrogens with zero attached hydrogens (tertiary/aromatic N) is 4. The molecular weight excluding hydrogens is 1340 g/mol. The molecule has 6 nitrogen and oxygen atoms in total. The first-order valence-electron chi connectivity index (χ1n) is 37.7. The third-order valence-electron chi connectivity index (χ3n) is 23.0. The lowest BCUT2D eigenvalue weighted by atomic mass is 9.99. The van der Waals surface area contributed by atoms with E-state index in [4.69, 9.17) is 8.83 Å². The quantitative estimate of drug-likeness (QED) is 0.152. The maximum atomic E-state index is 6.38. The van der Waals surface area contributed by atoms with Crippen molar-refractivity contribution in [1.29, 1.82) is 0 Å². The van der Waals surface area contributed by atoms with E-state index < -0.39 is 0 Å². The van der Waals surface area contributed by atoms with Crippen LogP contribution in [0, 0.1) is 0 Å². The van der Waals surface area contributed by atoms with Gasteiger partial charge in [-0.05, 0) is 200 Å². The van der Waals surface area contributed by atoms with E-state index in [-0.39, 0.29) is 0 Å². The fourth-order valence-electron chi connectivity index (χ4n) is 17.9. The van der Waals surface area contributed by atoms with Crippen molar-refractivity contribution in [2.75, 3.05) is 0 Å². The number of aromatic nitrogens is 4. The van der Waals surface area contributed by atoms with Crippen LogP contribution in [0.5, 0.6) is 0 Å². The molecule has 18 aromatic carbocycles. The minimum atomic E-state index is 0.913. The second kappa shape index (κ2) is 24.4. The van der Waals surface area contributed by atoms with Crippen LogP contribution in [0.2, 0.25) is 0 Å². The fourth-order valence-corrected chi connectivity index (χ4v) is 17.9. The first kappa shape index (κ1) is 61.6. The molecule has 0 aliphatic heterocycles. The number of para-hydroxylation sites is 7. The van der Waals surface area contributed by atoms with E-state index in [0.717, 1.165) is 66.4 Å². The molecule has 6 aromatic heterocycles. The van der Waals surface area contributed by atoms with Gasteiger partial charge in [0.05, 0.1) is 44.1 Å². The molecule has 0 aliphatic carbocycles. The molecule has 6 heterocycles. The van der Waals surface area contributed by atoms with Crippen molar-refractivity contribution in [2.24, 2.45) is 0 Å². The van der Waals surface area contributed by atoms with Gasteiger partial charge < -0.3 is 27.1 Å². The molecule has 0 amide bonds. The van der Waals surface area contributed by atoms with E-state index in [1.54, 1.807) is 0 Å². The van der Waals surface area contributed by atoms with Crippen molar-refractivity contribution in [3.63, 3.8) is 0 Å². The highest BCUT2D eigenvalue weighted by Gasteiger charge is 2.22. The third kappa shape index (κ3) is 9.62. The van der Waals surface area contributed by atoms with Gasteiger partial charge >= 0.3 is 0 Å². The molecule has 0 saturated heterocycles. The Labute approximate surface area is 631 Å². The minimum absolute atomic E-state index is 0.913. The third-order valence-corrected chi connectivity index (χ3v) is 23.0. The molecule has 0 atom stereocenters. The number of rotatable bonds is 8. The van der Waals surface area contributed by atoms with E-state index in [0.29, 0.717) is 0 Å². The van der Waals surface area contributed by atoms with Crippen molar-refractivity contribution < 1.29 is 8.83 Å². The highest BCUT2D eigenvalue weighted by molar-refractivity contribution is 6.17. The van der Waals surface area contributed by atoms with Crippen LogP contribution in [-0.2, 0) is 0 Å². The molecule has 24 aromatic rings. The summed E-state index contributed by atoms with van der Waals surface area (Å²) in [4.78, 5) is 0. The van der Waals surface area contributed by atoms with Gasteiger partial charge in [-0.25, -0.2) is 0 Å². The molecule has 6 heteroatoms. The number of hydrogen-bond acceptors (Lipinski definition) is 2. The summed E-state index contributed by atoms with van der Waals surface area (Å²) in [6.07, 6.45) is 0. The fraction of sp³-hybridized carbons (Fsp3) is 0. The Bertz CT molecular complexity index is 7900. The van der Waals surface area contributed by atoms with Gasteiger partial charge in [0, 0.05) is 92.9 Å². The van der Waals surface area contributed by atoms with Crippen molar-refractivity contribution >= 4 is 153 Å². The Morgan fingerprint density at radius 2 is 0.473 bits per heavy atom. The lowest BCUT2D eigenvalue weighted by Crippen LogP contribution is -1.94. The summed E-state index contributed by atoms with van der Waals surface area (Å²) >= 11 is 0. The van der Waals surface area contributed by atoms with Crippen LogP contribution in [0.4, 0.5) is 0 Å². The maximum Gasteiger partial charge on any atom is 0.143 e. The van der Waals surface area contributed by atoms with Gasteiger partial charge in [-0.1, -0.05) is 249 Å². The normalized spacial score (nSPS) is 12.0. The summed E-state index contributed by atoms with van der Waals surface area (Å²) in [7, 11) is 0. The molecule has 24 rings (SSSR count). The van der Waals surface area contributed by atoms with Gasteiger partial charge in [-0.3, -0.25) is 0 Å². The molecule has 0 fully saturated rings. The highest BCUT2D eigenvalue weighted by atomic mass is 16.3. The van der Waals surface area contributed by atoms with Crippen LogP contribution in [0.1, 0.15) is 0 Å². The lowest BCUT2D eigenvalue weighted by Gasteiger charge is -2.11. The maximum absolute atomic E-state index is 6.38. The molecule has 110 heavy (non-hydrogen) atoms. The van der Waals surface area contributed by atoms with E-state index >= 15 is 0 Å². The van der Waals surface area contributed by atoms with Crippen LogP contribution in [0.25, 0.3) is 220 Å². The molecule has 0 spiro atoms. The molecule has 0 bridgehead atoms. The number of fused-ring (bicyclic) bond motifs is 20. The van der Waals surface area contributed by atoms with Crippen molar-refractivity contribution in [3.05, 3.63) is 388 Å². The van der Waals surface area contributed by atoms with Crippen LogP contribution in [0.15, 0.2) is 397 Å². The zero-order chi connectivity index (χ0) is 72.1. The Balaban J connectivity index is 0.000000132. The molecule has 0 radical (unpaired) electrons. The zero-order valence-electron chi connectivity index (χ0n) is 59.6. The van der Waals surface area contributed by atoms with E-state index in [1.807, 2.05) is 24.3 Å². The molecule has 512 valence electrons. The Morgan fingerprint density at radius 1 is 0.164 bits per heavy atom. The van der Waals surface area contributed by atoms with Crippen LogP contribution in [-0.4, -0.2) is 18.3 Å². The van der Waals surface area contributed by atoms with Crippen molar-refractivity contribution in [1.82, 2.24) is 18.3 Å². The van der Waals surface area contributed by atoms with Crippen LogP contribution in [0.3, 0.4) is 0 Å². The van der Waals surface area contributed by atoms with E-state index in [1.165, 1.54) is 154 Å². The van der Waals surface area contributed by atoms with Gasteiger partial charge in [-0.15, -0.1) is 0 Å². The molecule has 0 unspecified atom stereocenters. The van der Waals surface area contributed by atoms with Crippen molar-refractivity contribution in [2.45, 2.75) is 0 Å². The first-order valence-corrected chi connectivity index (χ1v) is 37.7. The molecule has 0 aliphatic rings. The van der Waals surface area contributed by atoms with Gasteiger partial charge in [0.1, 0.15) is 22.3 Å². The average molecular weight is 1400 g/mol. The largest absolute Gasteiger partial charge is 0.456 e. The molecular formula is C104H64N4O2. The second-order valence-corrected chi connectivity index (χ2v) is 29.1. The highest BCUT2D eigenvalue weighted by Crippen LogP contribution is 2.45. The molecule has 0 N–H and O–H groups in total. The van der Waals surface area contributed by atoms with Crippen molar-refractivity contribution in [3.8, 4) is 67.3 Å². The monoisotopic (exact) mass is 1400 g/mol. The standard InChI is InChI=1S/2C52H32N2O/c1-2-11-35-30-39(27-20-33(35)10-1)54-48-18-7-4-13-42(48)46-32-37(24-29-50(46)54)36-23-28-49-45(31-36)41-12-3-6-17-47(41)53(49)38-25-21-34(22-26-38)40-15-9-16-44-43-14-5-8-19-51(43)55-52(40)44;1-2-11-35-30-39(27-20-33(35)10-1)54-47-17-7-4-13-42(47)45-32-37(24-29-49(45)54)36-23-28-48-44(31-36)41-12-3-6-16-46(41)53(48)38-25-21-34(22-26-38)40-15-9-19-51-52(40)43-14-5-8-18-50(43)55-51/h2*1-32H. The van der Waals surface area contributed by atoms with E-state index in [2.05, 4.69) is 382 Å². The lowest BCUT2D eigenvalue weighted by molar-refractivity contribution is 0.669. The Morgan fingerprint density at radius 3 is 0.927 bits per heavy atom. The smallest absolute Gasteiger partial charge is 0.143 e. The van der Waals surface area contributed by atoms with Gasteiger partial charge in [0.25, 0.3) is 0 Å². The predicted molar refractivity (Wildman–Crippen MR) is 462 cm³/mol. The van der Waals surface area contributed by atoms with Crippen LogP contribution >= 0.6 is 0 Å². The zero-order valence-corrected chi connectivity index (χ0v) is 59.6.